The van der Waals surface area contributed by atoms with Crippen LogP contribution in [0.2, 0.25) is 0 Å². The van der Waals surface area contributed by atoms with Gasteiger partial charge in [0.05, 0.1) is 24.2 Å². The zero-order valence-electron chi connectivity index (χ0n) is 7.77. The van der Waals surface area contributed by atoms with Crippen LogP contribution in [0, 0.1) is 10.1 Å². The number of aromatic amines is 1. The van der Waals surface area contributed by atoms with Crippen molar-refractivity contribution in [2.75, 3.05) is 18.0 Å². The number of aromatic nitrogens is 1. The topological polar surface area (TPSA) is 60.5 Å². The SMILES string of the molecule is O=[N+]([O-])c1ccc[nH+]c1N1CCCC1. The molecule has 2 heterocycles. The summed E-state index contributed by atoms with van der Waals surface area (Å²) >= 11 is 0. The lowest BCUT2D eigenvalue weighted by Crippen LogP contribution is -2.26. The monoisotopic (exact) mass is 194 g/mol. The van der Waals surface area contributed by atoms with Crippen molar-refractivity contribution < 1.29 is 9.91 Å². The van der Waals surface area contributed by atoms with Crippen LogP contribution in [-0.2, 0) is 0 Å². The molecular formula is C9H12N3O2+. The summed E-state index contributed by atoms with van der Waals surface area (Å²) in [5, 5.41) is 10.7. The molecule has 0 amide bonds. The molecule has 1 aliphatic rings. The van der Waals surface area contributed by atoms with Crippen molar-refractivity contribution in [3.8, 4) is 0 Å². The minimum Gasteiger partial charge on any atom is -0.258 e. The molecule has 1 fully saturated rings. The van der Waals surface area contributed by atoms with E-state index >= 15 is 0 Å². The lowest BCUT2D eigenvalue weighted by atomic mass is 10.3. The molecule has 0 atom stereocenters. The molecule has 1 aliphatic heterocycles. The fourth-order valence-electron chi connectivity index (χ4n) is 1.76. The van der Waals surface area contributed by atoms with Crippen molar-refractivity contribution in [2.24, 2.45) is 0 Å². The van der Waals surface area contributed by atoms with E-state index in [0.717, 1.165) is 25.9 Å². The van der Waals surface area contributed by atoms with Gasteiger partial charge in [-0.3, -0.25) is 15.0 Å². The van der Waals surface area contributed by atoms with Gasteiger partial charge in [0.1, 0.15) is 0 Å². The molecule has 14 heavy (non-hydrogen) atoms. The molecule has 0 aromatic carbocycles. The van der Waals surface area contributed by atoms with Crippen molar-refractivity contribution >= 4 is 11.5 Å². The van der Waals surface area contributed by atoms with Crippen LogP contribution in [-0.4, -0.2) is 18.0 Å². The number of hydrogen-bond donors (Lipinski definition) is 0. The van der Waals surface area contributed by atoms with Crippen molar-refractivity contribution in [1.82, 2.24) is 0 Å². The van der Waals surface area contributed by atoms with E-state index in [2.05, 4.69) is 4.98 Å². The summed E-state index contributed by atoms with van der Waals surface area (Å²) in [5.41, 5.74) is 0.161. The lowest BCUT2D eigenvalue weighted by molar-refractivity contribution is -0.411. The Kier molecular flexibility index (Phi) is 2.30. The molecule has 1 aromatic heterocycles. The Morgan fingerprint density at radius 2 is 2.14 bits per heavy atom. The quantitative estimate of drug-likeness (QED) is 0.521. The standard InChI is InChI=1S/C9H11N3O2/c13-12(14)8-4-3-5-10-9(8)11-6-1-2-7-11/h3-5H,1-2,6-7H2/p+1. The summed E-state index contributed by atoms with van der Waals surface area (Å²) in [7, 11) is 0. The van der Waals surface area contributed by atoms with E-state index in [1.165, 1.54) is 6.07 Å². The molecule has 1 saturated heterocycles. The third-order valence-corrected chi connectivity index (χ3v) is 2.43. The van der Waals surface area contributed by atoms with E-state index in [4.69, 9.17) is 0 Å². The van der Waals surface area contributed by atoms with Crippen LogP contribution in [0.25, 0.3) is 0 Å². The highest BCUT2D eigenvalue weighted by Crippen LogP contribution is 2.24. The number of pyridine rings is 1. The zero-order valence-corrected chi connectivity index (χ0v) is 7.77. The van der Waals surface area contributed by atoms with Crippen LogP contribution in [0.4, 0.5) is 11.5 Å². The second-order valence-electron chi connectivity index (χ2n) is 3.36. The van der Waals surface area contributed by atoms with E-state index in [0.29, 0.717) is 5.82 Å². The number of hydrogen-bond acceptors (Lipinski definition) is 3. The smallest absolute Gasteiger partial charge is 0.258 e. The first kappa shape index (κ1) is 8.93. The molecule has 0 aliphatic carbocycles. The molecular weight excluding hydrogens is 182 g/mol. The first-order valence-corrected chi connectivity index (χ1v) is 4.69. The van der Waals surface area contributed by atoms with E-state index in [-0.39, 0.29) is 10.6 Å². The van der Waals surface area contributed by atoms with Crippen molar-refractivity contribution in [2.45, 2.75) is 12.8 Å². The van der Waals surface area contributed by atoms with Gasteiger partial charge in [0.25, 0.3) is 0 Å². The largest absolute Gasteiger partial charge is 0.357 e. The van der Waals surface area contributed by atoms with Crippen LogP contribution >= 0.6 is 0 Å². The van der Waals surface area contributed by atoms with Crippen LogP contribution in [0.1, 0.15) is 12.8 Å². The van der Waals surface area contributed by atoms with Crippen molar-refractivity contribution in [3.63, 3.8) is 0 Å². The first-order chi connectivity index (χ1) is 6.79. The molecule has 0 saturated carbocycles. The van der Waals surface area contributed by atoms with Crippen molar-refractivity contribution in [1.29, 1.82) is 0 Å². The molecule has 5 heteroatoms. The molecule has 0 bridgehead atoms. The Morgan fingerprint density at radius 3 is 2.79 bits per heavy atom. The number of rotatable bonds is 2. The van der Waals surface area contributed by atoms with E-state index in [9.17, 15) is 10.1 Å². The van der Waals surface area contributed by atoms with E-state index in [1.807, 2.05) is 4.90 Å². The number of H-pyrrole nitrogens is 1. The Morgan fingerprint density at radius 1 is 1.43 bits per heavy atom. The molecule has 2 rings (SSSR count). The van der Waals surface area contributed by atoms with Gasteiger partial charge in [0.2, 0.25) is 0 Å². The molecule has 74 valence electrons. The molecule has 5 nitrogen and oxygen atoms in total. The summed E-state index contributed by atoms with van der Waals surface area (Å²) in [5.74, 6) is 0.634. The zero-order chi connectivity index (χ0) is 9.97. The van der Waals surface area contributed by atoms with Crippen LogP contribution in [0.3, 0.4) is 0 Å². The first-order valence-electron chi connectivity index (χ1n) is 4.69. The molecule has 0 spiro atoms. The highest BCUT2D eigenvalue weighted by atomic mass is 16.6. The maximum Gasteiger partial charge on any atom is 0.357 e. The second kappa shape index (κ2) is 3.61. The van der Waals surface area contributed by atoms with Crippen LogP contribution in [0.5, 0.6) is 0 Å². The Balaban J connectivity index is 2.35. The van der Waals surface area contributed by atoms with Gasteiger partial charge in [-0.25, -0.2) is 4.98 Å². The average molecular weight is 194 g/mol. The summed E-state index contributed by atoms with van der Waals surface area (Å²) in [6.45, 7) is 1.81. The molecule has 0 radical (unpaired) electrons. The maximum absolute atomic E-state index is 10.7. The second-order valence-corrected chi connectivity index (χ2v) is 3.36. The summed E-state index contributed by atoms with van der Waals surface area (Å²) in [4.78, 5) is 15.4. The Bertz CT molecular complexity index is 348. The number of anilines is 1. The summed E-state index contributed by atoms with van der Waals surface area (Å²) < 4.78 is 0. The third-order valence-electron chi connectivity index (χ3n) is 2.43. The minimum atomic E-state index is -0.343. The fraction of sp³-hybridized carbons (Fsp3) is 0.444. The summed E-state index contributed by atoms with van der Waals surface area (Å²) in [6, 6.07) is 3.18. The van der Waals surface area contributed by atoms with Gasteiger partial charge in [-0.1, -0.05) is 0 Å². The predicted octanol–water partition coefficient (Wildman–Crippen LogP) is 1.01. The highest BCUT2D eigenvalue weighted by Gasteiger charge is 2.29. The van der Waals surface area contributed by atoms with Gasteiger partial charge >= 0.3 is 11.5 Å². The van der Waals surface area contributed by atoms with E-state index < -0.39 is 0 Å². The van der Waals surface area contributed by atoms with Gasteiger partial charge in [-0.05, 0) is 18.9 Å². The van der Waals surface area contributed by atoms with Crippen molar-refractivity contribution in [3.05, 3.63) is 28.4 Å². The summed E-state index contributed by atoms with van der Waals surface area (Å²) in [6.07, 6.45) is 3.94. The van der Waals surface area contributed by atoms with Gasteiger partial charge < -0.3 is 0 Å². The predicted molar refractivity (Wildman–Crippen MR) is 51.1 cm³/mol. The lowest BCUT2D eigenvalue weighted by Gasteiger charge is -2.07. The number of nitrogens with one attached hydrogen (secondary N) is 1. The molecule has 0 unspecified atom stereocenters. The van der Waals surface area contributed by atoms with Gasteiger partial charge in [0, 0.05) is 6.07 Å². The minimum absolute atomic E-state index is 0.161. The highest BCUT2D eigenvalue weighted by molar-refractivity contribution is 5.53. The van der Waals surface area contributed by atoms with Gasteiger partial charge in [-0.15, -0.1) is 0 Å². The van der Waals surface area contributed by atoms with Crippen LogP contribution in [0.15, 0.2) is 18.3 Å². The number of nitrogens with zero attached hydrogens (tertiary/aromatic N) is 2. The van der Waals surface area contributed by atoms with E-state index in [1.54, 1.807) is 12.3 Å². The van der Waals surface area contributed by atoms with Gasteiger partial charge in [-0.2, -0.15) is 0 Å². The average Bonchev–Trinajstić information content (AvgIpc) is 2.70. The maximum atomic E-state index is 10.7. The Labute approximate surface area is 81.5 Å². The van der Waals surface area contributed by atoms with Gasteiger partial charge in [0.15, 0.2) is 0 Å². The third kappa shape index (κ3) is 1.53. The fourth-order valence-corrected chi connectivity index (χ4v) is 1.76. The molecule has 1 aromatic rings. The normalized spacial score (nSPS) is 15.9. The van der Waals surface area contributed by atoms with Crippen LogP contribution < -0.4 is 9.88 Å². The number of nitro groups is 1. The Hall–Kier alpha value is -1.65. The molecule has 1 N–H and O–H groups in total.